The monoisotopic (exact) mass is 402 g/mol. The summed E-state index contributed by atoms with van der Waals surface area (Å²) in [6.07, 6.45) is 7.53. The number of thiocarbonyl (C=S) groups is 1. The van der Waals surface area contributed by atoms with Gasteiger partial charge in [-0.25, -0.2) is 4.99 Å². The average Bonchev–Trinajstić information content (AvgIpc) is 2.69. The molecule has 3 rings (SSSR count). The number of rotatable bonds is 6. The number of piperidine rings is 1. The van der Waals surface area contributed by atoms with E-state index in [2.05, 4.69) is 30.7 Å². The van der Waals surface area contributed by atoms with Gasteiger partial charge in [-0.1, -0.05) is 32.9 Å². The summed E-state index contributed by atoms with van der Waals surface area (Å²) in [7, 11) is 0. The third-order valence-corrected chi connectivity index (χ3v) is 6.12. The van der Waals surface area contributed by atoms with Crippen LogP contribution in [-0.2, 0) is 9.59 Å². The number of aliphatic imine (C=N–C) groups is 1. The Kier molecular flexibility index (Phi) is 6.78. The molecule has 0 N–H and O–H groups in total. The highest BCUT2D eigenvalue weighted by atomic mass is 32.1. The molecule has 0 radical (unpaired) electrons. The van der Waals surface area contributed by atoms with Crippen molar-refractivity contribution in [2.24, 2.45) is 16.8 Å². The lowest BCUT2D eigenvalue weighted by Gasteiger charge is -2.34. The number of fused-ring (bicyclic) bond motifs is 1. The molecule has 28 heavy (non-hydrogen) atoms. The van der Waals surface area contributed by atoms with E-state index in [0.29, 0.717) is 28.9 Å². The minimum atomic E-state index is -0.444. The number of hydrogen-bond acceptors (Lipinski definition) is 4. The van der Waals surface area contributed by atoms with Gasteiger partial charge in [0, 0.05) is 31.8 Å². The molecule has 152 valence electrons. The van der Waals surface area contributed by atoms with Crippen molar-refractivity contribution in [1.29, 1.82) is 0 Å². The Labute approximate surface area is 172 Å². The summed E-state index contributed by atoms with van der Waals surface area (Å²) in [5, 5.41) is 0.299. The number of hydrogen-bond donors (Lipinski definition) is 0. The van der Waals surface area contributed by atoms with Crippen LogP contribution in [0.25, 0.3) is 0 Å². The van der Waals surface area contributed by atoms with Crippen LogP contribution in [0.1, 0.15) is 33.6 Å². The zero-order chi connectivity index (χ0) is 20.3. The smallest absolute Gasteiger partial charge is 0.253 e. The van der Waals surface area contributed by atoms with E-state index in [-0.39, 0.29) is 11.8 Å². The lowest BCUT2D eigenvalue weighted by atomic mass is 9.91. The molecular weight excluding hydrogens is 372 g/mol. The molecule has 0 spiro atoms. The highest BCUT2D eigenvalue weighted by molar-refractivity contribution is 7.80. The SMILES string of the molecule is CCN(CC)CCN1C(=O)C2C=CC(C(=O)N3CCCC(C)C3)=CC2=NC1=S. The fourth-order valence-corrected chi connectivity index (χ4v) is 4.30. The summed E-state index contributed by atoms with van der Waals surface area (Å²) < 4.78 is 0. The molecule has 2 unspecified atom stereocenters. The van der Waals surface area contributed by atoms with Crippen molar-refractivity contribution < 1.29 is 9.59 Å². The van der Waals surface area contributed by atoms with E-state index in [1.54, 1.807) is 23.1 Å². The Morgan fingerprint density at radius 3 is 2.79 bits per heavy atom. The first-order valence-corrected chi connectivity index (χ1v) is 10.7. The van der Waals surface area contributed by atoms with Crippen LogP contribution in [0.4, 0.5) is 0 Å². The molecule has 2 atom stereocenters. The van der Waals surface area contributed by atoms with Crippen molar-refractivity contribution in [3.05, 3.63) is 23.8 Å². The van der Waals surface area contributed by atoms with E-state index in [9.17, 15) is 9.59 Å². The zero-order valence-electron chi connectivity index (χ0n) is 17.1. The van der Waals surface area contributed by atoms with Gasteiger partial charge >= 0.3 is 0 Å². The van der Waals surface area contributed by atoms with Crippen molar-refractivity contribution in [3.8, 4) is 0 Å². The number of carbonyl (C=O) groups excluding carboxylic acids is 2. The molecule has 1 saturated heterocycles. The van der Waals surface area contributed by atoms with Crippen LogP contribution in [0.15, 0.2) is 28.8 Å². The van der Waals surface area contributed by atoms with Gasteiger partial charge in [-0.3, -0.25) is 14.5 Å². The van der Waals surface area contributed by atoms with Crippen molar-refractivity contribution in [3.63, 3.8) is 0 Å². The third-order valence-electron chi connectivity index (χ3n) is 5.80. The Hall–Kier alpha value is -1.86. The Bertz CT molecular complexity index is 739. The van der Waals surface area contributed by atoms with Gasteiger partial charge in [-0.15, -0.1) is 0 Å². The first-order valence-electron chi connectivity index (χ1n) is 10.3. The summed E-state index contributed by atoms with van der Waals surface area (Å²) >= 11 is 5.39. The largest absolute Gasteiger partial charge is 0.338 e. The van der Waals surface area contributed by atoms with E-state index in [1.807, 2.05) is 4.90 Å². The predicted octanol–water partition coefficient (Wildman–Crippen LogP) is 2.27. The van der Waals surface area contributed by atoms with Crippen LogP contribution < -0.4 is 0 Å². The molecule has 6 nitrogen and oxygen atoms in total. The second-order valence-electron chi connectivity index (χ2n) is 7.77. The minimum Gasteiger partial charge on any atom is -0.338 e. The highest BCUT2D eigenvalue weighted by Gasteiger charge is 2.35. The van der Waals surface area contributed by atoms with Crippen LogP contribution in [0, 0.1) is 11.8 Å². The molecule has 0 bridgehead atoms. The molecule has 2 aliphatic heterocycles. The molecular formula is C21H30N4O2S. The van der Waals surface area contributed by atoms with E-state index < -0.39 is 5.92 Å². The number of nitrogens with zero attached hydrogens (tertiary/aromatic N) is 4. The second kappa shape index (κ2) is 9.09. The van der Waals surface area contributed by atoms with E-state index in [4.69, 9.17) is 12.2 Å². The number of carbonyl (C=O) groups is 2. The van der Waals surface area contributed by atoms with E-state index in [0.717, 1.165) is 39.1 Å². The quantitative estimate of drug-likeness (QED) is 0.640. The second-order valence-corrected chi connectivity index (χ2v) is 8.14. The standard InChI is InChI=1S/C21H30N4O2S/c1-4-23(5-2)11-12-25-20(27)17-9-8-16(13-18(17)22-21(25)28)19(26)24-10-6-7-15(3)14-24/h8-9,13,15,17H,4-7,10-12,14H2,1-3H3. The number of likely N-dealkylation sites (N-methyl/N-ethyl adjacent to an activating group) is 1. The first-order chi connectivity index (χ1) is 13.4. The van der Waals surface area contributed by atoms with Gasteiger partial charge in [-0.05, 0) is 50.1 Å². The van der Waals surface area contributed by atoms with Gasteiger partial charge in [0.05, 0.1) is 11.6 Å². The molecule has 0 aromatic carbocycles. The fourth-order valence-electron chi connectivity index (χ4n) is 4.02. The van der Waals surface area contributed by atoms with Gasteiger partial charge in [0.2, 0.25) is 11.0 Å². The highest BCUT2D eigenvalue weighted by Crippen LogP contribution is 2.25. The Balaban J connectivity index is 1.72. The van der Waals surface area contributed by atoms with Crippen LogP contribution in [-0.4, -0.2) is 76.6 Å². The van der Waals surface area contributed by atoms with Gasteiger partial charge in [-0.2, -0.15) is 0 Å². The summed E-state index contributed by atoms with van der Waals surface area (Å²) in [5.41, 5.74) is 1.18. The number of amides is 2. The van der Waals surface area contributed by atoms with Crippen LogP contribution in [0.2, 0.25) is 0 Å². The predicted molar refractivity (Wildman–Crippen MR) is 115 cm³/mol. The third kappa shape index (κ3) is 4.41. The molecule has 3 aliphatic rings. The topological polar surface area (TPSA) is 56.2 Å². The van der Waals surface area contributed by atoms with Crippen molar-refractivity contribution in [2.75, 3.05) is 39.3 Å². The molecule has 1 fully saturated rings. The first kappa shape index (κ1) is 20.9. The van der Waals surface area contributed by atoms with Crippen LogP contribution in [0.5, 0.6) is 0 Å². The fraction of sp³-hybridized carbons (Fsp3) is 0.619. The summed E-state index contributed by atoms with van der Waals surface area (Å²) in [5.74, 6) is 0.0541. The van der Waals surface area contributed by atoms with Gasteiger partial charge in [0.1, 0.15) is 0 Å². The van der Waals surface area contributed by atoms with Crippen molar-refractivity contribution in [2.45, 2.75) is 33.6 Å². The molecule has 2 amide bonds. The Morgan fingerprint density at radius 1 is 1.36 bits per heavy atom. The van der Waals surface area contributed by atoms with Crippen molar-refractivity contribution >= 4 is 34.9 Å². The maximum atomic E-state index is 12.9. The lowest BCUT2D eigenvalue weighted by Crippen LogP contribution is -2.49. The van der Waals surface area contributed by atoms with Crippen LogP contribution in [0.3, 0.4) is 0 Å². The molecule has 0 saturated carbocycles. The molecule has 1 aliphatic carbocycles. The lowest BCUT2D eigenvalue weighted by molar-refractivity contribution is -0.129. The molecule has 0 aromatic heterocycles. The molecule has 2 heterocycles. The number of allylic oxidation sites excluding steroid dienone is 1. The maximum absolute atomic E-state index is 12.9. The number of likely N-dealkylation sites (tertiary alicyclic amines) is 1. The molecule has 7 heteroatoms. The van der Waals surface area contributed by atoms with Gasteiger partial charge < -0.3 is 9.80 Å². The van der Waals surface area contributed by atoms with E-state index >= 15 is 0 Å². The normalized spacial score (nSPS) is 25.0. The maximum Gasteiger partial charge on any atom is 0.253 e. The summed E-state index contributed by atoms with van der Waals surface area (Å²) in [6.45, 7) is 11.2. The van der Waals surface area contributed by atoms with E-state index in [1.165, 1.54) is 6.42 Å². The van der Waals surface area contributed by atoms with Crippen molar-refractivity contribution in [1.82, 2.24) is 14.7 Å². The Morgan fingerprint density at radius 2 is 2.11 bits per heavy atom. The van der Waals surface area contributed by atoms with Gasteiger partial charge in [0.25, 0.3) is 5.91 Å². The summed E-state index contributed by atoms with van der Waals surface area (Å²) in [4.78, 5) is 36.1. The van der Waals surface area contributed by atoms with Gasteiger partial charge in [0.15, 0.2) is 0 Å². The minimum absolute atomic E-state index is 0.0197. The molecule has 0 aromatic rings. The summed E-state index contributed by atoms with van der Waals surface area (Å²) in [6, 6.07) is 0. The average molecular weight is 403 g/mol. The zero-order valence-corrected chi connectivity index (χ0v) is 17.9. The van der Waals surface area contributed by atoms with Crippen LogP contribution >= 0.6 is 12.2 Å².